The van der Waals surface area contributed by atoms with E-state index in [0.29, 0.717) is 6.42 Å². The van der Waals surface area contributed by atoms with Crippen LogP contribution in [0.3, 0.4) is 0 Å². The standard InChI is InChI=1S/C17H23BN2O3/c1-11(2)10-15(18(22)23)20-17(21)16(19)14-9-5-7-12-6-3-4-8-13(12)14/h3-9,11,15-16,22-23H,10,19H2,1-2H3,(H,20,21). The highest BCUT2D eigenvalue weighted by Gasteiger charge is 2.28. The molecule has 2 aromatic carbocycles. The summed E-state index contributed by atoms with van der Waals surface area (Å²) in [5.74, 6) is -0.931. The van der Waals surface area contributed by atoms with Crippen LogP contribution in [-0.4, -0.2) is 29.0 Å². The number of carbonyl (C=O) groups is 1. The molecule has 0 heterocycles. The maximum absolute atomic E-state index is 12.4. The molecule has 0 aromatic heterocycles. The van der Waals surface area contributed by atoms with Gasteiger partial charge in [0.25, 0.3) is 0 Å². The summed E-state index contributed by atoms with van der Waals surface area (Å²) < 4.78 is 0. The summed E-state index contributed by atoms with van der Waals surface area (Å²) >= 11 is 0. The summed E-state index contributed by atoms with van der Waals surface area (Å²) in [6, 6.07) is 12.5. The molecule has 0 spiro atoms. The zero-order valence-corrected chi connectivity index (χ0v) is 13.4. The predicted molar refractivity (Wildman–Crippen MR) is 92.5 cm³/mol. The number of fused-ring (bicyclic) bond motifs is 1. The average molecular weight is 314 g/mol. The Bertz CT molecular complexity index is 670. The van der Waals surface area contributed by atoms with Crippen molar-refractivity contribution >= 4 is 23.8 Å². The van der Waals surface area contributed by atoms with Crippen molar-refractivity contribution in [1.82, 2.24) is 5.32 Å². The van der Waals surface area contributed by atoms with E-state index in [1.165, 1.54) is 0 Å². The minimum atomic E-state index is -1.61. The van der Waals surface area contributed by atoms with Crippen LogP contribution in [0.15, 0.2) is 42.5 Å². The topological polar surface area (TPSA) is 95.6 Å². The molecule has 0 saturated heterocycles. The van der Waals surface area contributed by atoms with Gasteiger partial charge in [-0.2, -0.15) is 0 Å². The van der Waals surface area contributed by atoms with Gasteiger partial charge < -0.3 is 21.1 Å². The van der Waals surface area contributed by atoms with E-state index < -0.39 is 25.0 Å². The van der Waals surface area contributed by atoms with Gasteiger partial charge in [0, 0.05) is 0 Å². The second-order valence-electron chi connectivity index (χ2n) is 6.20. The van der Waals surface area contributed by atoms with Gasteiger partial charge in [-0.05, 0) is 28.7 Å². The molecule has 2 rings (SSSR count). The Hall–Kier alpha value is -1.89. The van der Waals surface area contributed by atoms with Gasteiger partial charge in [-0.1, -0.05) is 56.3 Å². The Morgan fingerprint density at radius 1 is 1.17 bits per heavy atom. The largest absolute Gasteiger partial charge is 0.475 e. The van der Waals surface area contributed by atoms with E-state index in [0.717, 1.165) is 16.3 Å². The van der Waals surface area contributed by atoms with Crippen LogP contribution in [0.2, 0.25) is 0 Å². The van der Waals surface area contributed by atoms with Crippen molar-refractivity contribution in [2.24, 2.45) is 11.7 Å². The van der Waals surface area contributed by atoms with Crippen LogP contribution < -0.4 is 11.1 Å². The van der Waals surface area contributed by atoms with Gasteiger partial charge in [0.1, 0.15) is 6.04 Å². The quantitative estimate of drug-likeness (QED) is 0.606. The lowest BCUT2D eigenvalue weighted by molar-refractivity contribution is -0.122. The maximum Gasteiger partial charge on any atom is 0.475 e. The predicted octanol–water partition coefficient (Wildman–Crippen LogP) is 1.38. The Kier molecular flexibility index (Phi) is 5.77. The molecule has 0 bridgehead atoms. The lowest BCUT2D eigenvalue weighted by Gasteiger charge is -2.22. The highest BCUT2D eigenvalue weighted by atomic mass is 16.4. The highest BCUT2D eigenvalue weighted by Crippen LogP contribution is 2.23. The van der Waals surface area contributed by atoms with Crippen molar-refractivity contribution in [1.29, 1.82) is 0 Å². The molecule has 0 fully saturated rings. The molecule has 23 heavy (non-hydrogen) atoms. The lowest BCUT2D eigenvalue weighted by Crippen LogP contribution is -2.49. The zero-order chi connectivity index (χ0) is 17.0. The van der Waals surface area contributed by atoms with Gasteiger partial charge in [-0.15, -0.1) is 0 Å². The number of rotatable bonds is 6. The first-order chi connectivity index (χ1) is 10.9. The van der Waals surface area contributed by atoms with Crippen LogP contribution in [0, 0.1) is 5.92 Å². The van der Waals surface area contributed by atoms with Gasteiger partial charge >= 0.3 is 7.12 Å². The van der Waals surface area contributed by atoms with Crippen LogP contribution >= 0.6 is 0 Å². The number of nitrogens with two attached hydrogens (primary N) is 1. The van der Waals surface area contributed by atoms with Crippen molar-refractivity contribution in [2.75, 3.05) is 0 Å². The summed E-state index contributed by atoms with van der Waals surface area (Å²) in [7, 11) is -1.61. The molecule has 0 aliphatic carbocycles. The van der Waals surface area contributed by atoms with E-state index in [1.54, 1.807) is 0 Å². The van der Waals surface area contributed by atoms with Crippen molar-refractivity contribution in [3.63, 3.8) is 0 Å². The molecule has 2 unspecified atom stereocenters. The van der Waals surface area contributed by atoms with Crippen LogP contribution in [0.1, 0.15) is 31.9 Å². The number of carbonyl (C=O) groups excluding carboxylic acids is 1. The first kappa shape index (κ1) is 17.5. The zero-order valence-electron chi connectivity index (χ0n) is 13.4. The molecule has 0 saturated carbocycles. The molecule has 0 aliphatic heterocycles. The fourth-order valence-corrected chi connectivity index (χ4v) is 2.70. The summed E-state index contributed by atoms with van der Waals surface area (Å²) in [5.41, 5.74) is 6.83. The van der Waals surface area contributed by atoms with E-state index in [2.05, 4.69) is 5.32 Å². The molecule has 0 radical (unpaired) electrons. The van der Waals surface area contributed by atoms with Crippen LogP contribution in [0.4, 0.5) is 0 Å². The van der Waals surface area contributed by atoms with Crippen molar-refractivity contribution in [3.8, 4) is 0 Å². The van der Waals surface area contributed by atoms with Gasteiger partial charge in [-0.3, -0.25) is 4.79 Å². The van der Waals surface area contributed by atoms with Crippen molar-refractivity contribution in [3.05, 3.63) is 48.0 Å². The maximum atomic E-state index is 12.4. The third kappa shape index (κ3) is 4.31. The molecular formula is C17H23BN2O3. The molecule has 6 heteroatoms. The summed E-state index contributed by atoms with van der Waals surface area (Å²) in [6.45, 7) is 3.90. The van der Waals surface area contributed by atoms with Crippen molar-refractivity contribution in [2.45, 2.75) is 32.3 Å². The Morgan fingerprint density at radius 3 is 2.48 bits per heavy atom. The minimum Gasteiger partial charge on any atom is -0.426 e. The number of amides is 1. The van der Waals surface area contributed by atoms with E-state index >= 15 is 0 Å². The third-order valence-electron chi connectivity index (χ3n) is 3.85. The fraction of sp³-hybridized carbons (Fsp3) is 0.353. The Morgan fingerprint density at radius 2 is 1.83 bits per heavy atom. The molecule has 5 N–H and O–H groups in total. The second kappa shape index (κ2) is 7.59. The molecule has 0 aliphatic rings. The second-order valence-corrected chi connectivity index (χ2v) is 6.20. The normalized spacial score (nSPS) is 13.8. The third-order valence-corrected chi connectivity index (χ3v) is 3.85. The lowest BCUT2D eigenvalue weighted by atomic mass is 9.75. The summed E-state index contributed by atoms with van der Waals surface area (Å²) in [6.07, 6.45) is 0.464. The average Bonchev–Trinajstić information content (AvgIpc) is 2.52. The molecule has 5 nitrogen and oxygen atoms in total. The molecule has 122 valence electrons. The van der Waals surface area contributed by atoms with E-state index in [-0.39, 0.29) is 5.92 Å². The summed E-state index contributed by atoms with van der Waals surface area (Å²) in [5, 5.41) is 23.4. The molecule has 2 atom stereocenters. The fourth-order valence-electron chi connectivity index (χ4n) is 2.70. The van der Waals surface area contributed by atoms with Crippen LogP contribution in [0.25, 0.3) is 10.8 Å². The van der Waals surface area contributed by atoms with Gasteiger partial charge in [0.15, 0.2) is 0 Å². The smallest absolute Gasteiger partial charge is 0.426 e. The Labute approximate surface area is 136 Å². The Balaban J connectivity index is 2.21. The molecular weight excluding hydrogens is 291 g/mol. The van der Waals surface area contributed by atoms with Gasteiger partial charge in [0.2, 0.25) is 5.91 Å². The number of hydrogen-bond acceptors (Lipinski definition) is 4. The van der Waals surface area contributed by atoms with E-state index in [4.69, 9.17) is 5.73 Å². The summed E-state index contributed by atoms with van der Waals surface area (Å²) in [4.78, 5) is 12.4. The number of benzene rings is 2. The van der Waals surface area contributed by atoms with E-state index in [9.17, 15) is 14.8 Å². The van der Waals surface area contributed by atoms with Crippen LogP contribution in [0.5, 0.6) is 0 Å². The van der Waals surface area contributed by atoms with Crippen molar-refractivity contribution < 1.29 is 14.8 Å². The number of nitrogens with one attached hydrogen (secondary N) is 1. The monoisotopic (exact) mass is 314 g/mol. The van der Waals surface area contributed by atoms with E-state index in [1.807, 2.05) is 56.3 Å². The SMILES string of the molecule is CC(C)CC(NC(=O)C(N)c1cccc2ccccc12)B(O)O. The number of hydrogen-bond donors (Lipinski definition) is 4. The first-order valence-corrected chi connectivity index (χ1v) is 7.80. The van der Waals surface area contributed by atoms with Crippen LogP contribution in [-0.2, 0) is 4.79 Å². The molecule has 2 aromatic rings. The first-order valence-electron chi connectivity index (χ1n) is 7.80. The van der Waals surface area contributed by atoms with Gasteiger partial charge in [-0.25, -0.2) is 0 Å². The molecule has 1 amide bonds. The van der Waals surface area contributed by atoms with Gasteiger partial charge in [0.05, 0.1) is 5.94 Å². The minimum absolute atomic E-state index is 0.218. The highest BCUT2D eigenvalue weighted by molar-refractivity contribution is 6.43.